The third-order valence-electron chi connectivity index (χ3n) is 6.00. The maximum Gasteiger partial charge on any atom is 0.405 e. The summed E-state index contributed by atoms with van der Waals surface area (Å²) >= 11 is 0. The fourth-order valence-corrected chi connectivity index (χ4v) is 6.37. The molecular formula is C23H25F3NO4P. The van der Waals surface area contributed by atoms with Crippen molar-refractivity contribution >= 4 is 13.5 Å². The van der Waals surface area contributed by atoms with E-state index in [0.29, 0.717) is 43.6 Å². The summed E-state index contributed by atoms with van der Waals surface area (Å²) in [7, 11) is -3.14. The molecule has 9 heteroatoms. The van der Waals surface area contributed by atoms with E-state index in [2.05, 4.69) is 5.32 Å². The van der Waals surface area contributed by atoms with Crippen molar-refractivity contribution in [2.75, 3.05) is 25.9 Å². The molecule has 32 heavy (non-hydrogen) atoms. The van der Waals surface area contributed by atoms with E-state index >= 15 is 0 Å². The van der Waals surface area contributed by atoms with E-state index in [1.165, 1.54) is 0 Å². The number of benzene rings is 2. The van der Waals surface area contributed by atoms with Crippen LogP contribution in [0, 0.1) is 0 Å². The topological polar surface area (TPSA) is 64.6 Å². The molecule has 0 radical (unpaired) electrons. The Balaban J connectivity index is 1.62. The van der Waals surface area contributed by atoms with Crippen LogP contribution in [-0.2, 0) is 23.8 Å². The predicted octanol–water partition coefficient (Wildman–Crippen LogP) is 5.43. The molecule has 172 valence electrons. The van der Waals surface area contributed by atoms with Crippen molar-refractivity contribution in [1.29, 1.82) is 0 Å². The number of amides is 1. The second kappa shape index (κ2) is 9.00. The molecule has 1 fully saturated rings. The molecule has 1 aliphatic heterocycles. The Labute approximate surface area is 184 Å². The molecule has 2 aromatic rings. The molecule has 0 atom stereocenters. The van der Waals surface area contributed by atoms with Gasteiger partial charge in [0.1, 0.15) is 12.0 Å². The third-order valence-corrected chi connectivity index (χ3v) is 8.02. The van der Waals surface area contributed by atoms with Crippen LogP contribution in [0.2, 0.25) is 0 Å². The van der Waals surface area contributed by atoms with Gasteiger partial charge < -0.3 is 14.4 Å². The number of nitrogens with one attached hydrogen (secondary N) is 1. The van der Waals surface area contributed by atoms with Crippen LogP contribution in [0.25, 0.3) is 11.1 Å². The number of rotatable bonds is 7. The highest BCUT2D eigenvalue weighted by Crippen LogP contribution is 2.53. The third kappa shape index (κ3) is 4.49. The standard InChI is InChI=1S/C23H25F3NO4P/c24-23(25,26)16-27-21(28)22(12-5-6-15-32(29)30-13-7-14-31-32)19-10-3-1-8-17(19)18-9-2-4-11-20(18)22/h1-4,8-11H,5-7,12-16H2,(H,27,28). The van der Waals surface area contributed by atoms with Crippen molar-refractivity contribution in [2.24, 2.45) is 0 Å². The zero-order valence-electron chi connectivity index (χ0n) is 17.5. The van der Waals surface area contributed by atoms with E-state index in [9.17, 15) is 22.5 Å². The monoisotopic (exact) mass is 467 g/mol. The Bertz CT molecular complexity index is 984. The summed E-state index contributed by atoms with van der Waals surface area (Å²) in [5.74, 6) is -0.677. The molecule has 1 saturated heterocycles. The molecule has 1 N–H and O–H groups in total. The molecule has 2 aromatic carbocycles. The molecular weight excluding hydrogens is 442 g/mol. The van der Waals surface area contributed by atoms with Gasteiger partial charge in [0, 0.05) is 0 Å². The van der Waals surface area contributed by atoms with Crippen molar-refractivity contribution in [2.45, 2.75) is 37.3 Å². The lowest BCUT2D eigenvalue weighted by molar-refractivity contribution is -0.141. The minimum absolute atomic E-state index is 0.219. The molecule has 4 rings (SSSR count). The number of fused-ring (bicyclic) bond motifs is 3. The zero-order valence-corrected chi connectivity index (χ0v) is 18.4. The van der Waals surface area contributed by atoms with Gasteiger partial charge >= 0.3 is 13.8 Å². The smallest absolute Gasteiger partial charge is 0.346 e. The van der Waals surface area contributed by atoms with Crippen molar-refractivity contribution in [3.05, 3.63) is 59.7 Å². The van der Waals surface area contributed by atoms with Gasteiger partial charge in [0.05, 0.1) is 19.4 Å². The van der Waals surface area contributed by atoms with Crippen molar-refractivity contribution in [1.82, 2.24) is 5.32 Å². The second-order valence-corrected chi connectivity index (χ2v) is 10.3. The number of unbranched alkanes of at least 4 members (excludes halogenated alkanes) is 1. The summed E-state index contributed by atoms with van der Waals surface area (Å²) in [4.78, 5) is 13.4. The van der Waals surface area contributed by atoms with Gasteiger partial charge in [-0.2, -0.15) is 13.2 Å². The number of carbonyl (C=O) groups is 1. The molecule has 1 amide bonds. The first kappa shape index (κ1) is 23.0. The average Bonchev–Trinajstić information content (AvgIpc) is 3.06. The van der Waals surface area contributed by atoms with Gasteiger partial charge in [-0.3, -0.25) is 9.36 Å². The Kier molecular flexibility index (Phi) is 6.48. The van der Waals surface area contributed by atoms with Crippen LogP contribution in [0.15, 0.2) is 48.5 Å². The van der Waals surface area contributed by atoms with Crippen LogP contribution in [0.3, 0.4) is 0 Å². The lowest BCUT2D eigenvalue weighted by atomic mass is 9.73. The van der Waals surface area contributed by atoms with Crippen LogP contribution in [-0.4, -0.2) is 38.0 Å². The quantitative estimate of drug-likeness (QED) is 0.436. The van der Waals surface area contributed by atoms with Crippen LogP contribution in [0.5, 0.6) is 0 Å². The number of hydrogen-bond acceptors (Lipinski definition) is 4. The highest BCUT2D eigenvalue weighted by atomic mass is 31.2. The summed E-state index contributed by atoms with van der Waals surface area (Å²) in [6.07, 6.45) is -2.38. The van der Waals surface area contributed by atoms with Gasteiger partial charge in [0.25, 0.3) is 0 Å². The molecule has 2 aliphatic rings. The van der Waals surface area contributed by atoms with E-state index in [4.69, 9.17) is 9.05 Å². The summed E-state index contributed by atoms with van der Waals surface area (Å²) in [5, 5.41) is 2.12. The first-order chi connectivity index (χ1) is 15.3. The lowest BCUT2D eigenvalue weighted by Crippen LogP contribution is -2.47. The summed E-state index contributed by atoms with van der Waals surface area (Å²) < 4.78 is 62.0. The molecule has 5 nitrogen and oxygen atoms in total. The van der Waals surface area contributed by atoms with Crippen LogP contribution < -0.4 is 5.32 Å². The summed E-state index contributed by atoms with van der Waals surface area (Å²) in [6.45, 7) is -0.613. The fourth-order valence-electron chi connectivity index (χ4n) is 4.61. The van der Waals surface area contributed by atoms with E-state index in [1.807, 2.05) is 24.3 Å². The number of alkyl halides is 3. The molecule has 0 saturated carbocycles. The zero-order chi connectivity index (χ0) is 22.8. The van der Waals surface area contributed by atoms with Crippen LogP contribution >= 0.6 is 7.60 Å². The molecule has 0 bridgehead atoms. The van der Waals surface area contributed by atoms with Gasteiger partial charge in [0.15, 0.2) is 0 Å². The van der Waals surface area contributed by atoms with E-state index in [0.717, 1.165) is 11.1 Å². The largest absolute Gasteiger partial charge is 0.405 e. The summed E-state index contributed by atoms with van der Waals surface area (Å²) in [6, 6.07) is 14.7. The molecule has 0 unspecified atom stereocenters. The predicted molar refractivity (Wildman–Crippen MR) is 115 cm³/mol. The van der Waals surface area contributed by atoms with Crippen LogP contribution in [0.4, 0.5) is 13.2 Å². The van der Waals surface area contributed by atoms with Gasteiger partial charge in [-0.25, -0.2) is 0 Å². The first-order valence-corrected chi connectivity index (χ1v) is 12.4. The van der Waals surface area contributed by atoms with E-state index in [1.54, 1.807) is 24.3 Å². The highest BCUT2D eigenvalue weighted by molar-refractivity contribution is 7.53. The van der Waals surface area contributed by atoms with Gasteiger partial charge in [-0.05, 0) is 41.5 Å². The number of carbonyl (C=O) groups excluding carboxylic acids is 1. The fraction of sp³-hybridized carbons (Fsp3) is 0.435. The lowest BCUT2D eigenvalue weighted by Gasteiger charge is -2.31. The molecule has 1 heterocycles. The Morgan fingerprint density at radius 1 is 0.969 bits per heavy atom. The van der Waals surface area contributed by atoms with Crippen molar-refractivity contribution < 1.29 is 31.6 Å². The number of halogens is 3. The Morgan fingerprint density at radius 2 is 1.53 bits per heavy atom. The van der Waals surface area contributed by atoms with E-state index in [-0.39, 0.29) is 12.6 Å². The van der Waals surface area contributed by atoms with Crippen molar-refractivity contribution in [3.8, 4) is 11.1 Å². The first-order valence-electron chi connectivity index (χ1n) is 10.7. The summed E-state index contributed by atoms with van der Waals surface area (Å²) in [5.41, 5.74) is 1.82. The molecule has 1 aliphatic carbocycles. The SMILES string of the molecule is O=C(NCC(F)(F)F)C1(CCCCP2(=O)OCCCO2)c2ccccc2-c2ccccc21. The highest BCUT2D eigenvalue weighted by Gasteiger charge is 2.49. The van der Waals surface area contributed by atoms with E-state index < -0.39 is 31.6 Å². The normalized spacial score (nSPS) is 18.6. The Hall–Kier alpha value is -2.15. The van der Waals surface area contributed by atoms with Gasteiger partial charge in [-0.15, -0.1) is 0 Å². The van der Waals surface area contributed by atoms with Gasteiger partial charge in [-0.1, -0.05) is 55.0 Å². The minimum atomic E-state index is -4.51. The molecule has 0 aromatic heterocycles. The van der Waals surface area contributed by atoms with Crippen molar-refractivity contribution in [3.63, 3.8) is 0 Å². The van der Waals surface area contributed by atoms with Gasteiger partial charge in [0.2, 0.25) is 5.91 Å². The minimum Gasteiger partial charge on any atom is -0.346 e. The average molecular weight is 467 g/mol. The molecule has 0 spiro atoms. The Morgan fingerprint density at radius 3 is 2.09 bits per heavy atom. The van der Waals surface area contributed by atoms with Crippen LogP contribution in [0.1, 0.15) is 36.8 Å². The second-order valence-electron chi connectivity index (χ2n) is 8.11. The number of hydrogen-bond donors (Lipinski definition) is 1. The maximum atomic E-state index is 13.4. The maximum absolute atomic E-state index is 13.4.